The van der Waals surface area contributed by atoms with Gasteiger partial charge >= 0.3 is 0 Å². The number of allylic oxidation sites excluding steroid dienone is 3. The maximum absolute atomic E-state index is 6.24. The van der Waals surface area contributed by atoms with Gasteiger partial charge in [0.15, 0.2) is 5.70 Å². The average Bonchev–Trinajstić information content (AvgIpc) is 2.91. The summed E-state index contributed by atoms with van der Waals surface area (Å²) in [7, 11) is 3.53. The Bertz CT molecular complexity index is 994. The van der Waals surface area contributed by atoms with Crippen LogP contribution in [0.25, 0.3) is 0 Å². The lowest BCUT2D eigenvalue weighted by Gasteiger charge is -2.31. The highest BCUT2D eigenvalue weighted by atomic mass is 16.5. The molecule has 1 fully saturated rings. The fourth-order valence-electron chi connectivity index (χ4n) is 3.77. The van der Waals surface area contributed by atoms with Gasteiger partial charge in [-0.2, -0.15) is 0 Å². The minimum absolute atomic E-state index is 0.429. The molecule has 196 valence electrons. The highest BCUT2D eigenvalue weighted by molar-refractivity contribution is 5.70. The van der Waals surface area contributed by atoms with E-state index in [0.717, 1.165) is 55.9 Å². The van der Waals surface area contributed by atoms with Crippen LogP contribution in [0.15, 0.2) is 70.5 Å². The van der Waals surface area contributed by atoms with E-state index in [4.69, 9.17) is 18.9 Å². The van der Waals surface area contributed by atoms with E-state index in [1.54, 1.807) is 7.11 Å². The van der Waals surface area contributed by atoms with Crippen molar-refractivity contribution < 1.29 is 18.9 Å². The molecule has 1 aromatic rings. The van der Waals surface area contributed by atoms with Gasteiger partial charge in [-0.15, -0.1) is 10.2 Å². The smallest absolute Gasteiger partial charge is 0.151 e. The number of ether oxygens (including phenoxy) is 4. The van der Waals surface area contributed by atoms with E-state index in [2.05, 4.69) is 35.6 Å². The zero-order chi connectivity index (χ0) is 25.8. The summed E-state index contributed by atoms with van der Waals surface area (Å²) in [5, 5.41) is 9.22. The second-order valence-electron chi connectivity index (χ2n) is 8.66. The predicted molar refractivity (Wildman–Crippen MR) is 144 cm³/mol. The first-order chi connectivity index (χ1) is 17.6. The molecule has 0 atom stereocenters. The molecule has 0 aliphatic carbocycles. The number of unbranched alkanes of at least 4 members (excludes halogenated alkanes) is 2. The van der Waals surface area contributed by atoms with E-state index < -0.39 is 0 Å². The van der Waals surface area contributed by atoms with E-state index in [9.17, 15) is 0 Å². The molecule has 3 rings (SSSR count). The van der Waals surface area contributed by atoms with Gasteiger partial charge in [0.05, 0.1) is 44.9 Å². The third kappa shape index (κ3) is 7.37. The largest absolute Gasteiger partial charge is 0.495 e. The third-order valence-electron chi connectivity index (χ3n) is 5.97. The molecule has 2 aliphatic rings. The van der Waals surface area contributed by atoms with Gasteiger partial charge in [-0.25, -0.2) is 0 Å². The van der Waals surface area contributed by atoms with Gasteiger partial charge in [-0.1, -0.05) is 39.3 Å². The van der Waals surface area contributed by atoms with Gasteiger partial charge in [-0.05, 0) is 25.0 Å². The van der Waals surface area contributed by atoms with Crippen molar-refractivity contribution in [3.8, 4) is 11.5 Å². The highest BCUT2D eigenvalue weighted by Crippen LogP contribution is 2.41. The normalized spacial score (nSPS) is 17.0. The Labute approximate surface area is 215 Å². The molecule has 0 amide bonds. The monoisotopic (exact) mass is 496 g/mol. The molecule has 0 spiro atoms. The summed E-state index contributed by atoms with van der Waals surface area (Å²) in [5.41, 5.74) is 2.99. The number of nitrogens with zero attached hydrogens (tertiary/aromatic N) is 4. The van der Waals surface area contributed by atoms with E-state index in [1.807, 2.05) is 48.5 Å². The molecule has 0 bridgehead atoms. The van der Waals surface area contributed by atoms with Gasteiger partial charge in [0.25, 0.3) is 0 Å². The Morgan fingerprint density at radius 3 is 2.36 bits per heavy atom. The number of anilines is 1. The standard InChI is InChI=1S/C28H40N4O4/c1-6-8-16-35-26-21-25(32-14-18-34-19-15-32)27(36-17-9-7-2)20-23(26)29-30-28(22(3)33-5)24-12-10-11-13-31(24)4/h10-13,20-21H,3,6-9,14-19H2,1-2,4-5H3/b28-24-,30-29?. The topological polar surface area (TPSA) is 68.1 Å². The summed E-state index contributed by atoms with van der Waals surface area (Å²) in [6, 6.07) is 3.97. The molecule has 1 aromatic carbocycles. The molecule has 2 heterocycles. The van der Waals surface area contributed by atoms with Gasteiger partial charge in [0.1, 0.15) is 22.9 Å². The van der Waals surface area contributed by atoms with Crippen LogP contribution in [0.3, 0.4) is 0 Å². The van der Waals surface area contributed by atoms with Crippen LogP contribution in [0, 0.1) is 0 Å². The Morgan fingerprint density at radius 2 is 1.72 bits per heavy atom. The molecule has 0 radical (unpaired) electrons. The summed E-state index contributed by atoms with van der Waals surface area (Å²) in [6.07, 6.45) is 11.8. The fourth-order valence-corrected chi connectivity index (χ4v) is 3.77. The molecule has 0 aromatic heterocycles. The molecular formula is C28H40N4O4. The van der Waals surface area contributed by atoms with Gasteiger partial charge in [-0.3, -0.25) is 0 Å². The van der Waals surface area contributed by atoms with E-state index in [1.165, 1.54) is 0 Å². The first-order valence-corrected chi connectivity index (χ1v) is 12.8. The van der Waals surface area contributed by atoms with Crippen molar-refractivity contribution >= 4 is 11.4 Å². The SMILES string of the molecule is C=C(OC)/C(N=Nc1cc(OCCCC)c(N2CCOCC2)cc1OCCCC)=C1\C=CC=CN1C. The second-order valence-corrected chi connectivity index (χ2v) is 8.66. The number of morpholine rings is 1. The number of benzene rings is 1. The summed E-state index contributed by atoms with van der Waals surface area (Å²) >= 11 is 0. The molecule has 0 unspecified atom stereocenters. The number of hydrogen-bond acceptors (Lipinski definition) is 8. The number of azo groups is 1. The van der Waals surface area contributed by atoms with E-state index >= 15 is 0 Å². The molecule has 8 heteroatoms. The lowest BCUT2D eigenvalue weighted by molar-refractivity contribution is 0.122. The van der Waals surface area contributed by atoms with Crippen LogP contribution in [0.4, 0.5) is 11.4 Å². The van der Waals surface area contributed by atoms with Crippen LogP contribution in [0.2, 0.25) is 0 Å². The van der Waals surface area contributed by atoms with Crippen molar-refractivity contribution in [3.63, 3.8) is 0 Å². The van der Waals surface area contributed by atoms with Crippen molar-refractivity contribution in [1.29, 1.82) is 0 Å². The second kappa shape index (κ2) is 14.3. The first kappa shape index (κ1) is 27.3. The summed E-state index contributed by atoms with van der Waals surface area (Å²) < 4.78 is 23.4. The predicted octanol–water partition coefficient (Wildman–Crippen LogP) is 6.35. The molecule has 8 nitrogen and oxygen atoms in total. The summed E-state index contributed by atoms with van der Waals surface area (Å²) in [6.45, 7) is 12.5. The lowest BCUT2D eigenvalue weighted by atomic mass is 10.2. The molecule has 2 aliphatic heterocycles. The van der Waals surface area contributed by atoms with Crippen LogP contribution < -0.4 is 14.4 Å². The van der Waals surface area contributed by atoms with Gasteiger partial charge in [0, 0.05) is 38.5 Å². The summed E-state index contributed by atoms with van der Waals surface area (Å²) in [5.74, 6) is 1.88. The number of likely N-dealkylation sites (N-methyl/N-ethyl adjacent to an activating group) is 1. The molecular weight excluding hydrogens is 456 g/mol. The van der Waals surface area contributed by atoms with Crippen molar-refractivity contribution in [2.24, 2.45) is 10.2 Å². The number of methoxy groups -OCH3 is 1. The molecule has 1 saturated heterocycles. The van der Waals surface area contributed by atoms with Gasteiger partial charge in [0.2, 0.25) is 0 Å². The van der Waals surface area contributed by atoms with Crippen LogP contribution in [-0.4, -0.2) is 58.6 Å². The average molecular weight is 497 g/mol. The third-order valence-corrected chi connectivity index (χ3v) is 5.97. The maximum atomic E-state index is 6.24. The highest BCUT2D eigenvalue weighted by Gasteiger charge is 2.21. The van der Waals surface area contributed by atoms with Crippen LogP contribution in [-0.2, 0) is 9.47 Å². The minimum atomic E-state index is 0.429. The molecule has 0 saturated carbocycles. The van der Waals surface area contributed by atoms with Crippen molar-refractivity contribution in [3.05, 3.63) is 60.3 Å². The molecule has 36 heavy (non-hydrogen) atoms. The minimum Gasteiger partial charge on any atom is -0.495 e. The first-order valence-electron chi connectivity index (χ1n) is 12.8. The number of rotatable bonds is 13. The fraction of sp³-hybridized carbons (Fsp3) is 0.500. The van der Waals surface area contributed by atoms with Crippen LogP contribution >= 0.6 is 0 Å². The van der Waals surface area contributed by atoms with Gasteiger partial charge < -0.3 is 28.7 Å². The number of hydrogen-bond donors (Lipinski definition) is 0. The summed E-state index contributed by atoms with van der Waals surface area (Å²) in [4.78, 5) is 4.24. The molecule has 0 N–H and O–H groups in total. The van der Waals surface area contributed by atoms with E-state index in [0.29, 0.717) is 49.3 Å². The van der Waals surface area contributed by atoms with Crippen LogP contribution in [0.1, 0.15) is 39.5 Å². The Balaban J connectivity index is 2.04. The van der Waals surface area contributed by atoms with E-state index in [-0.39, 0.29) is 0 Å². The zero-order valence-electron chi connectivity index (χ0n) is 22.2. The zero-order valence-corrected chi connectivity index (χ0v) is 22.2. The maximum Gasteiger partial charge on any atom is 0.151 e. The quantitative estimate of drug-likeness (QED) is 0.180. The van der Waals surface area contributed by atoms with Crippen molar-refractivity contribution in [1.82, 2.24) is 4.90 Å². The van der Waals surface area contributed by atoms with Crippen molar-refractivity contribution in [2.75, 3.05) is 58.6 Å². The Kier molecular flexibility index (Phi) is 10.9. The van der Waals surface area contributed by atoms with Crippen LogP contribution in [0.5, 0.6) is 11.5 Å². The van der Waals surface area contributed by atoms with Crippen molar-refractivity contribution in [2.45, 2.75) is 39.5 Å². The lowest BCUT2D eigenvalue weighted by Crippen LogP contribution is -2.36. The Morgan fingerprint density at radius 1 is 1.03 bits per heavy atom. The Hall–Kier alpha value is -3.26.